The smallest absolute Gasteiger partial charge is 0.246 e. The highest BCUT2D eigenvalue weighted by atomic mass is 32.2. The molecule has 0 aliphatic carbocycles. The van der Waals surface area contributed by atoms with Crippen molar-refractivity contribution in [2.75, 3.05) is 26.5 Å². The molecule has 1 heterocycles. The molecule has 35 heavy (non-hydrogen) atoms. The van der Waals surface area contributed by atoms with Crippen LogP contribution in [0, 0.1) is 0 Å². The van der Waals surface area contributed by atoms with E-state index in [1.807, 2.05) is 54.6 Å². The molecule has 0 saturated carbocycles. The summed E-state index contributed by atoms with van der Waals surface area (Å²) in [6.45, 7) is 0.148. The van der Waals surface area contributed by atoms with Gasteiger partial charge in [0.15, 0.2) is 0 Å². The van der Waals surface area contributed by atoms with E-state index in [4.69, 9.17) is 9.47 Å². The van der Waals surface area contributed by atoms with Crippen molar-refractivity contribution in [3.63, 3.8) is 0 Å². The number of imidazole rings is 1. The number of hydrogen-bond donors (Lipinski definition) is 1. The van der Waals surface area contributed by atoms with E-state index in [9.17, 15) is 13.2 Å². The van der Waals surface area contributed by atoms with Crippen LogP contribution in [0.3, 0.4) is 0 Å². The lowest BCUT2D eigenvalue weighted by Crippen LogP contribution is -2.24. The number of nitrogens with zero attached hydrogens (tertiary/aromatic N) is 3. The Kier molecular flexibility index (Phi) is 7.04. The van der Waals surface area contributed by atoms with Crippen LogP contribution in [-0.4, -0.2) is 49.4 Å². The van der Waals surface area contributed by atoms with Gasteiger partial charge in [0.2, 0.25) is 15.9 Å². The van der Waals surface area contributed by atoms with Crippen molar-refractivity contribution in [1.82, 2.24) is 13.9 Å². The molecule has 0 aliphatic heterocycles. The van der Waals surface area contributed by atoms with E-state index in [-0.39, 0.29) is 29.7 Å². The SMILES string of the molecule is COc1ccc(NC(=O)Cn2c(COc3ccccc3)nc3ccccc32)cc1S(=O)(=O)N(C)C. The van der Waals surface area contributed by atoms with Crippen LogP contribution in [0.1, 0.15) is 5.82 Å². The van der Waals surface area contributed by atoms with Crippen LogP contribution in [0.5, 0.6) is 11.5 Å². The van der Waals surface area contributed by atoms with Crippen LogP contribution in [0.4, 0.5) is 5.69 Å². The van der Waals surface area contributed by atoms with Gasteiger partial charge in [0, 0.05) is 19.8 Å². The van der Waals surface area contributed by atoms with Gasteiger partial charge in [0.05, 0.1) is 18.1 Å². The minimum absolute atomic E-state index is 0.0320. The van der Waals surface area contributed by atoms with Gasteiger partial charge in [-0.15, -0.1) is 0 Å². The first-order valence-corrected chi connectivity index (χ1v) is 12.3. The number of hydrogen-bond acceptors (Lipinski definition) is 6. The first-order valence-electron chi connectivity index (χ1n) is 10.8. The minimum Gasteiger partial charge on any atom is -0.495 e. The van der Waals surface area contributed by atoms with Crippen molar-refractivity contribution in [3.05, 3.63) is 78.6 Å². The van der Waals surface area contributed by atoms with E-state index >= 15 is 0 Å². The van der Waals surface area contributed by atoms with E-state index in [1.165, 1.54) is 33.3 Å². The van der Waals surface area contributed by atoms with Gasteiger partial charge < -0.3 is 19.4 Å². The van der Waals surface area contributed by atoms with Gasteiger partial charge in [0.25, 0.3) is 0 Å². The van der Waals surface area contributed by atoms with E-state index < -0.39 is 10.0 Å². The summed E-state index contributed by atoms with van der Waals surface area (Å²) in [7, 11) is 0.490. The molecule has 1 amide bonds. The molecule has 9 nitrogen and oxygen atoms in total. The van der Waals surface area contributed by atoms with Gasteiger partial charge in [0.1, 0.15) is 35.4 Å². The predicted octanol–water partition coefficient (Wildman–Crippen LogP) is 3.51. The Hall–Kier alpha value is -3.89. The largest absolute Gasteiger partial charge is 0.495 e. The van der Waals surface area contributed by atoms with Crippen molar-refractivity contribution in [3.8, 4) is 11.5 Å². The van der Waals surface area contributed by atoms with Gasteiger partial charge in [-0.2, -0.15) is 0 Å². The van der Waals surface area contributed by atoms with Crippen LogP contribution in [0.15, 0.2) is 77.7 Å². The Morgan fingerprint density at radius 2 is 1.74 bits per heavy atom. The Morgan fingerprint density at radius 3 is 2.46 bits per heavy atom. The van der Waals surface area contributed by atoms with Crippen molar-refractivity contribution in [2.45, 2.75) is 18.0 Å². The molecule has 0 bridgehead atoms. The number of rotatable bonds is 9. The molecule has 3 aromatic carbocycles. The number of methoxy groups -OCH3 is 1. The lowest BCUT2D eigenvalue weighted by Gasteiger charge is -2.16. The van der Waals surface area contributed by atoms with Crippen LogP contribution < -0.4 is 14.8 Å². The Bertz CT molecular complexity index is 1450. The summed E-state index contributed by atoms with van der Waals surface area (Å²) in [4.78, 5) is 17.6. The molecule has 1 N–H and O–H groups in total. The quantitative estimate of drug-likeness (QED) is 0.382. The number of ether oxygens (including phenoxy) is 2. The second-order valence-corrected chi connectivity index (χ2v) is 10.0. The van der Waals surface area contributed by atoms with Crippen LogP contribution in [0.25, 0.3) is 11.0 Å². The van der Waals surface area contributed by atoms with Crippen LogP contribution in [-0.2, 0) is 28.0 Å². The van der Waals surface area contributed by atoms with Gasteiger partial charge in [-0.1, -0.05) is 30.3 Å². The summed E-state index contributed by atoms with van der Waals surface area (Å²) >= 11 is 0. The first-order chi connectivity index (χ1) is 16.8. The molecule has 0 radical (unpaired) electrons. The summed E-state index contributed by atoms with van der Waals surface area (Å²) in [5, 5.41) is 2.78. The zero-order valence-electron chi connectivity index (χ0n) is 19.6. The van der Waals surface area contributed by atoms with E-state index in [0.29, 0.717) is 17.3 Å². The summed E-state index contributed by atoms with van der Waals surface area (Å²) in [5.74, 6) is 1.14. The number of aromatic nitrogens is 2. The lowest BCUT2D eigenvalue weighted by atomic mass is 10.3. The molecule has 0 atom stereocenters. The molecule has 0 spiro atoms. The molecule has 4 rings (SSSR count). The van der Waals surface area contributed by atoms with Crippen molar-refractivity contribution < 1.29 is 22.7 Å². The Morgan fingerprint density at radius 1 is 1.03 bits per heavy atom. The molecule has 0 saturated heterocycles. The molecule has 182 valence electrons. The number of carbonyl (C=O) groups is 1. The van der Waals surface area contributed by atoms with E-state index in [2.05, 4.69) is 10.3 Å². The molecule has 0 unspecified atom stereocenters. The van der Waals surface area contributed by atoms with Crippen LogP contribution in [0.2, 0.25) is 0 Å². The number of carbonyl (C=O) groups excluding carboxylic acids is 1. The fourth-order valence-corrected chi connectivity index (χ4v) is 4.65. The highest BCUT2D eigenvalue weighted by Gasteiger charge is 2.23. The molecule has 10 heteroatoms. The van der Waals surface area contributed by atoms with Crippen molar-refractivity contribution >= 4 is 32.7 Å². The number of anilines is 1. The monoisotopic (exact) mass is 494 g/mol. The summed E-state index contributed by atoms with van der Waals surface area (Å²) in [5.41, 5.74) is 1.87. The molecule has 1 aromatic heterocycles. The second kappa shape index (κ2) is 10.2. The third kappa shape index (κ3) is 5.28. The van der Waals surface area contributed by atoms with E-state index in [1.54, 1.807) is 10.6 Å². The van der Waals surface area contributed by atoms with Gasteiger partial charge in [-0.25, -0.2) is 17.7 Å². The molecule has 4 aromatic rings. The van der Waals surface area contributed by atoms with Crippen molar-refractivity contribution in [1.29, 1.82) is 0 Å². The van der Waals surface area contributed by atoms with Crippen molar-refractivity contribution in [2.24, 2.45) is 0 Å². The number of fused-ring (bicyclic) bond motifs is 1. The number of nitrogens with one attached hydrogen (secondary N) is 1. The Balaban J connectivity index is 1.58. The average molecular weight is 495 g/mol. The maximum atomic E-state index is 13.0. The topological polar surface area (TPSA) is 103 Å². The number of para-hydroxylation sites is 3. The molecule has 0 fully saturated rings. The molecule has 0 aliphatic rings. The van der Waals surface area contributed by atoms with Gasteiger partial charge in [-0.3, -0.25) is 4.79 Å². The Labute approximate surface area is 204 Å². The minimum atomic E-state index is -3.77. The number of sulfonamides is 1. The fourth-order valence-electron chi connectivity index (χ4n) is 3.57. The van der Waals surface area contributed by atoms with Crippen LogP contribution >= 0.6 is 0 Å². The normalized spacial score (nSPS) is 11.5. The third-order valence-corrected chi connectivity index (χ3v) is 7.19. The second-order valence-electron chi connectivity index (χ2n) is 7.91. The van der Waals surface area contributed by atoms with E-state index in [0.717, 1.165) is 15.3 Å². The lowest BCUT2D eigenvalue weighted by molar-refractivity contribution is -0.116. The number of benzene rings is 3. The summed E-state index contributed by atoms with van der Waals surface area (Å²) in [6, 6.07) is 21.4. The highest BCUT2D eigenvalue weighted by molar-refractivity contribution is 7.89. The maximum Gasteiger partial charge on any atom is 0.246 e. The zero-order valence-corrected chi connectivity index (χ0v) is 20.5. The standard InChI is InChI=1S/C25H26N4O5S/c1-28(2)35(31,32)23-15-18(13-14-22(23)33-3)26-25(30)16-29-21-12-8-7-11-20(21)27-24(29)17-34-19-9-5-4-6-10-19/h4-15H,16-17H2,1-3H3,(H,26,30). The summed E-state index contributed by atoms with van der Waals surface area (Å²) < 4.78 is 39.3. The van der Waals surface area contributed by atoms with Gasteiger partial charge in [-0.05, 0) is 42.5 Å². The first kappa shape index (κ1) is 24.2. The third-order valence-electron chi connectivity index (χ3n) is 5.35. The summed E-state index contributed by atoms with van der Waals surface area (Å²) in [6.07, 6.45) is 0. The molecular weight excluding hydrogens is 468 g/mol. The average Bonchev–Trinajstić information content (AvgIpc) is 3.20. The fraction of sp³-hybridized carbons (Fsp3) is 0.200. The maximum absolute atomic E-state index is 13.0. The number of amides is 1. The molecular formula is C25H26N4O5S. The zero-order chi connectivity index (χ0) is 25.0. The highest BCUT2D eigenvalue weighted by Crippen LogP contribution is 2.29. The predicted molar refractivity (Wildman–Crippen MR) is 133 cm³/mol. The van der Waals surface area contributed by atoms with Gasteiger partial charge >= 0.3 is 0 Å².